The Kier molecular flexibility index (Phi) is 3.46. The van der Waals surface area contributed by atoms with Crippen LogP contribution in [0.25, 0.3) is 0 Å². The standard InChI is InChI=1S/C13H24N2O2/c1-12(2)10-15(8-9-17-12)11(16)13(3)4-6-14-7-5-13/h14H,4-10H2,1-3H3. The summed E-state index contributed by atoms with van der Waals surface area (Å²) < 4.78 is 5.66. The molecule has 0 aromatic heterocycles. The second kappa shape index (κ2) is 4.58. The third-order valence-corrected chi connectivity index (χ3v) is 3.94. The van der Waals surface area contributed by atoms with Crippen molar-refractivity contribution in [2.24, 2.45) is 5.41 Å². The molecule has 17 heavy (non-hydrogen) atoms. The van der Waals surface area contributed by atoms with Gasteiger partial charge in [-0.3, -0.25) is 4.79 Å². The lowest BCUT2D eigenvalue weighted by atomic mass is 9.79. The third-order valence-electron chi connectivity index (χ3n) is 3.94. The third kappa shape index (κ3) is 2.80. The molecular weight excluding hydrogens is 216 g/mol. The van der Waals surface area contributed by atoms with Gasteiger partial charge in [0, 0.05) is 18.5 Å². The van der Waals surface area contributed by atoms with Crippen LogP contribution in [-0.2, 0) is 9.53 Å². The monoisotopic (exact) mass is 240 g/mol. The van der Waals surface area contributed by atoms with Gasteiger partial charge >= 0.3 is 0 Å². The molecule has 98 valence electrons. The van der Waals surface area contributed by atoms with E-state index in [-0.39, 0.29) is 11.0 Å². The molecule has 0 atom stereocenters. The van der Waals surface area contributed by atoms with Gasteiger partial charge in [0.25, 0.3) is 0 Å². The van der Waals surface area contributed by atoms with Gasteiger partial charge in [0.1, 0.15) is 0 Å². The first-order chi connectivity index (χ1) is 7.93. The van der Waals surface area contributed by atoms with Crippen LogP contribution < -0.4 is 5.32 Å². The van der Waals surface area contributed by atoms with Gasteiger partial charge in [-0.25, -0.2) is 0 Å². The van der Waals surface area contributed by atoms with Crippen molar-refractivity contribution in [3.8, 4) is 0 Å². The minimum atomic E-state index is -0.197. The Hall–Kier alpha value is -0.610. The second-order valence-corrected chi connectivity index (χ2v) is 6.15. The van der Waals surface area contributed by atoms with E-state index in [1.54, 1.807) is 0 Å². The number of amides is 1. The van der Waals surface area contributed by atoms with E-state index in [4.69, 9.17) is 4.74 Å². The van der Waals surface area contributed by atoms with Crippen molar-refractivity contribution >= 4 is 5.91 Å². The number of ether oxygens (including phenoxy) is 1. The normalized spacial score (nSPS) is 27.8. The van der Waals surface area contributed by atoms with E-state index in [1.165, 1.54) is 0 Å². The molecule has 2 aliphatic heterocycles. The molecule has 0 aromatic carbocycles. The summed E-state index contributed by atoms with van der Waals surface area (Å²) in [5, 5.41) is 3.32. The van der Waals surface area contributed by atoms with E-state index in [1.807, 2.05) is 4.90 Å². The average Bonchev–Trinajstić information content (AvgIpc) is 2.27. The van der Waals surface area contributed by atoms with Gasteiger partial charge in [0.2, 0.25) is 5.91 Å². The molecule has 0 aromatic rings. The van der Waals surface area contributed by atoms with E-state index in [2.05, 4.69) is 26.1 Å². The summed E-state index contributed by atoms with van der Waals surface area (Å²) >= 11 is 0. The average molecular weight is 240 g/mol. The molecule has 0 aliphatic carbocycles. The number of nitrogens with one attached hydrogen (secondary N) is 1. The van der Waals surface area contributed by atoms with Crippen LogP contribution in [0.1, 0.15) is 33.6 Å². The Morgan fingerprint density at radius 3 is 2.47 bits per heavy atom. The molecule has 1 amide bonds. The first-order valence-electron chi connectivity index (χ1n) is 6.57. The van der Waals surface area contributed by atoms with Gasteiger partial charge in [-0.2, -0.15) is 0 Å². The van der Waals surface area contributed by atoms with Gasteiger partial charge in [-0.1, -0.05) is 6.92 Å². The summed E-state index contributed by atoms with van der Waals surface area (Å²) in [7, 11) is 0. The molecule has 2 aliphatic rings. The molecule has 2 saturated heterocycles. The highest BCUT2D eigenvalue weighted by molar-refractivity contribution is 5.82. The molecule has 0 saturated carbocycles. The van der Waals surface area contributed by atoms with Crippen LogP contribution in [-0.4, -0.2) is 49.2 Å². The molecule has 2 fully saturated rings. The van der Waals surface area contributed by atoms with Gasteiger partial charge in [-0.15, -0.1) is 0 Å². The van der Waals surface area contributed by atoms with Gasteiger partial charge in [-0.05, 0) is 39.8 Å². The zero-order valence-corrected chi connectivity index (χ0v) is 11.2. The largest absolute Gasteiger partial charge is 0.372 e. The Labute approximate surface area is 104 Å². The number of carbonyl (C=O) groups excluding carboxylic acids is 1. The molecule has 4 heteroatoms. The highest BCUT2D eigenvalue weighted by Gasteiger charge is 2.40. The van der Waals surface area contributed by atoms with Crippen LogP contribution in [0.3, 0.4) is 0 Å². The summed E-state index contributed by atoms with van der Waals surface area (Å²) in [6, 6.07) is 0. The molecule has 4 nitrogen and oxygen atoms in total. The van der Waals surface area contributed by atoms with Crippen LogP contribution in [0, 0.1) is 5.41 Å². The van der Waals surface area contributed by atoms with Crippen LogP contribution >= 0.6 is 0 Å². The molecule has 1 N–H and O–H groups in total. The van der Waals surface area contributed by atoms with E-state index in [0.29, 0.717) is 12.5 Å². The van der Waals surface area contributed by atoms with Gasteiger partial charge in [0.05, 0.1) is 12.2 Å². The summed E-state index contributed by atoms with van der Waals surface area (Å²) in [6.45, 7) is 10.2. The first kappa shape index (κ1) is 12.8. The lowest BCUT2D eigenvalue weighted by Gasteiger charge is -2.43. The number of hydrogen-bond donors (Lipinski definition) is 1. The van der Waals surface area contributed by atoms with Crippen molar-refractivity contribution in [2.75, 3.05) is 32.8 Å². The lowest BCUT2D eigenvalue weighted by molar-refractivity contribution is -0.156. The van der Waals surface area contributed by atoms with Crippen molar-refractivity contribution < 1.29 is 9.53 Å². The zero-order valence-electron chi connectivity index (χ0n) is 11.2. The molecule has 0 radical (unpaired) electrons. The van der Waals surface area contributed by atoms with Crippen LogP contribution in [0.2, 0.25) is 0 Å². The molecule has 2 heterocycles. The topological polar surface area (TPSA) is 41.6 Å². The summed E-state index contributed by atoms with van der Waals surface area (Å²) in [4.78, 5) is 14.6. The Morgan fingerprint density at radius 1 is 1.24 bits per heavy atom. The fourth-order valence-electron chi connectivity index (χ4n) is 2.76. The number of carbonyl (C=O) groups is 1. The number of hydrogen-bond acceptors (Lipinski definition) is 3. The first-order valence-corrected chi connectivity index (χ1v) is 6.57. The summed E-state index contributed by atoms with van der Waals surface area (Å²) in [5.41, 5.74) is -0.365. The van der Waals surface area contributed by atoms with Crippen LogP contribution in [0.4, 0.5) is 0 Å². The second-order valence-electron chi connectivity index (χ2n) is 6.15. The van der Waals surface area contributed by atoms with Gasteiger partial charge in [0.15, 0.2) is 0 Å². The minimum absolute atomic E-state index is 0.168. The molecule has 0 spiro atoms. The van der Waals surface area contributed by atoms with Crippen molar-refractivity contribution in [2.45, 2.75) is 39.2 Å². The van der Waals surface area contributed by atoms with Crippen LogP contribution in [0.5, 0.6) is 0 Å². The van der Waals surface area contributed by atoms with E-state index in [9.17, 15) is 4.79 Å². The predicted octanol–water partition coefficient (Wildman–Crippen LogP) is 1.01. The Morgan fingerprint density at radius 2 is 1.88 bits per heavy atom. The molecular formula is C13H24N2O2. The Bertz CT molecular complexity index is 296. The van der Waals surface area contributed by atoms with E-state index >= 15 is 0 Å². The number of rotatable bonds is 1. The number of morpholine rings is 1. The highest BCUT2D eigenvalue weighted by atomic mass is 16.5. The summed E-state index contributed by atoms with van der Waals surface area (Å²) in [5.74, 6) is 0.315. The van der Waals surface area contributed by atoms with Crippen LogP contribution in [0.15, 0.2) is 0 Å². The van der Waals surface area contributed by atoms with Crippen molar-refractivity contribution in [1.82, 2.24) is 10.2 Å². The summed E-state index contributed by atoms with van der Waals surface area (Å²) in [6.07, 6.45) is 1.90. The molecule has 0 bridgehead atoms. The van der Waals surface area contributed by atoms with Gasteiger partial charge < -0.3 is 15.0 Å². The lowest BCUT2D eigenvalue weighted by Crippen LogP contribution is -2.55. The molecule has 0 unspecified atom stereocenters. The highest BCUT2D eigenvalue weighted by Crippen LogP contribution is 2.32. The van der Waals surface area contributed by atoms with E-state index < -0.39 is 0 Å². The smallest absolute Gasteiger partial charge is 0.228 e. The maximum absolute atomic E-state index is 12.6. The van der Waals surface area contributed by atoms with Crippen molar-refractivity contribution in [1.29, 1.82) is 0 Å². The SMILES string of the molecule is CC1(C)CN(C(=O)C2(C)CCNCC2)CCO1. The maximum atomic E-state index is 12.6. The molecule has 2 rings (SSSR count). The number of piperidine rings is 1. The van der Waals surface area contributed by atoms with Crippen molar-refractivity contribution in [3.63, 3.8) is 0 Å². The van der Waals surface area contributed by atoms with E-state index in [0.717, 1.165) is 39.0 Å². The quantitative estimate of drug-likeness (QED) is 0.744. The number of nitrogens with zero attached hydrogens (tertiary/aromatic N) is 1. The predicted molar refractivity (Wildman–Crippen MR) is 66.8 cm³/mol. The zero-order chi connectivity index (χ0) is 12.5. The Balaban J connectivity index is 2.03. The fourth-order valence-corrected chi connectivity index (χ4v) is 2.76. The minimum Gasteiger partial charge on any atom is -0.372 e. The fraction of sp³-hybridized carbons (Fsp3) is 0.923. The van der Waals surface area contributed by atoms with Crippen molar-refractivity contribution in [3.05, 3.63) is 0 Å². The maximum Gasteiger partial charge on any atom is 0.228 e.